The summed E-state index contributed by atoms with van der Waals surface area (Å²) in [6.07, 6.45) is -0.477. The molecule has 0 fully saturated rings. The van der Waals surface area contributed by atoms with Crippen LogP contribution in [0.25, 0.3) is 10.8 Å². The number of hydrogen-bond acceptors (Lipinski definition) is 3. The van der Waals surface area contributed by atoms with E-state index in [4.69, 9.17) is 16.3 Å². The average molecular weight is 386 g/mol. The van der Waals surface area contributed by atoms with Gasteiger partial charge in [0.05, 0.1) is 26.3 Å². The fourth-order valence-electron chi connectivity index (χ4n) is 2.96. The van der Waals surface area contributed by atoms with E-state index in [0.717, 1.165) is 24.3 Å². The number of ether oxygens (including phenoxy) is 1. The molecule has 142 valence electrons. The van der Waals surface area contributed by atoms with Crippen molar-refractivity contribution in [2.24, 2.45) is 0 Å². The summed E-state index contributed by atoms with van der Waals surface area (Å²) in [5, 5.41) is 18.8. The number of nitrogens with two attached hydrogens (primary N) is 1. The fraction of sp³-hybridized carbons (Fsp3) is 0.273. The van der Waals surface area contributed by atoms with Crippen LogP contribution < -0.4 is 10.6 Å². The molecule has 0 radical (unpaired) electrons. The number of aliphatic hydroxyl groups is 1. The molecular weight excluding hydrogens is 360 g/mol. The van der Waals surface area contributed by atoms with Gasteiger partial charge in [0.2, 0.25) is 0 Å². The smallest absolute Gasteiger partial charge is 0.126 e. The first kappa shape index (κ1) is 19.6. The van der Waals surface area contributed by atoms with Crippen molar-refractivity contribution >= 4 is 28.1 Å². The maximum atomic E-state index is 10.0. The van der Waals surface area contributed by atoms with E-state index in [1.807, 2.05) is 24.3 Å². The number of quaternary nitrogens is 1. The Labute approximate surface area is 165 Å². The molecule has 3 aromatic rings. The molecule has 0 aliphatic carbocycles. The Bertz CT molecular complexity index is 834. The zero-order valence-corrected chi connectivity index (χ0v) is 16.0. The second-order valence-corrected chi connectivity index (χ2v) is 7.00. The molecule has 3 rings (SSSR count). The molecule has 0 aliphatic heterocycles. The summed E-state index contributed by atoms with van der Waals surface area (Å²) in [7, 11) is 0. The quantitative estimate of drug-likeness (QED) is 0.470. The topological polar surface area (TPSA) is 58.1 Å². The third kappa shape index (κ3) is 6.22. The van der Waals surface area contributed by atoms with Crippen LogP contribution in [0.15, 0.2) is 66.7 Å². The van der Waals surface area contributed by atoms with E-state index in [0.29, 0.717) is 24.8 Å². The number of hydrogen-bond donors (Lipinski definition) is 3. The summed E-state index contributed by atoms with van der Waals surface area (Å²) >= 11 is 5.86. The molecular formula is C22H26ClN2O2+. The SMILES string of the molecule is O[C@@H](C[NH2+]CCNc1cccc2ccccc12)COCc1ccc(Cl)cc1. The maximum Gasteiger partial charge on any atom is 0.126 e. The van der Waals surface area contributed by atoms with Crippen molar-refractivity contribution in [2.75, 3.05) is 31.6 Å². The van der Waals surface area contributed by atoms with Crippen molar-refractivity contribution in [2.45, 2.75) is 12.7 Å². The Hall–Kier alpha value is -2.11. The normalized spacial score (nSPS) is 12.2. The van der Waals surface area contributed by atoms with Gasteiger partial charge in [-0.2, -0.15) is 0 Å². The van der Waals surface area contributed by atoms with E-state index >= 15 is 0 Å². The minimum absolute atomic E-state index is 0.329. The molecule has 5 heteroatoms. The zero-order chi connectivity index (χ0) is 18.9. The van der Waals surface area contributed by atoms with E-state index in [9.17, 15) is 5.11 Å². The van der Waals surface area contributed by atoms with Crippen LogP contribution in [0.1, 0.15) is 5.56 Å². The van der Waals surface area contributed by atoms with Crippen LogP contribution >= 0.6 is 11.6 Å². The van der Waals surface area contributed by atoms with Crippen molar-refractivity contribution in [1.29, 1.82) is 0 Å². The molecule has 0 unspecified atom stereocenters. The Morgan fingerprint density at radius 3 is 2.63 bits per heavy atom. The highest BCUT2D eigenvalue weighted by atomic mass is 35.5. The second kappa shape index (κ2) is 10.3. The van der Waals surface area contributed by atoms with Crippen molar-refractivity contribution < 1.29 is 15.2 Å². The predicted molar refractivity (Wildman–Crippen MR) is 111 cm³/mol. The second-order valence-electron chi connectivity index (χ2n) is 6.56. The lowest BCUT2D eigenvalue weighted by molar-refractivity contribution is -0.658. The standard InChI is InChI=1S/C22H25ClN2O2/c23-19-10-8-17(9-11-19)15-27-16-20(26)14-24-12-13-25-22-7-3-5-18-4-1-2-6-21(18)22/h1-11,20,24-26H,12-16H2/p+1/t20-/m0/s1. The van der Waals surface area contributed by atoms with Crippen LogP contribution in [0, 0.1) is 0 Å². The van der Waals surface area contributed by atoms with Gasteiger partial charge in [-0.1, -0.05) is 60.1 Å². The molecule has 0 aromatic heterocycles. The van der Waals surface area contributed by atoms with Gasteiger partial charge in [-0.25, -0.2) is 0 Å². The lowest BCUT2D eigenvalue weighted by Gasteiger charge is -2.12. The highest BCUT2D eigenvalue weighted by molar-refractivity contribution is 6.30. The number of aliphatic hydroxyl groups excluding tert-OH is 1. The van der Waals surface area contributed by atoms with Gasteiger partial charge in [-0.3, -0.25) is 0 Å². The number of rotatable bonds is 10. The summed E-state index contributed by atoms with van der Waals surface area (Å²) in [6, 6.07) is 22.2. The summed E-state index contributed by atoms with van der Waals surface area (Å²) in [6.45, 7) is 3.16. The summed E-state index contributed by atoms with van der Waals surface area (Å²) < 4.78 is 5.57. The molecule has 0 bridgehead atoms. The monoisotopic (exact) mass is 385 g/mol. The number of anilines is 1. The van der Waals surface area contributed by atoms with E-state index in [-0.39, 0.29) is 0 Å². The largest absolute Gasteiger partial charge is 0.385 e. The van der Waals surface area contributed by atoms with Gasteiger partial charge in [0.1, 0.15) is 12.6 Å². The molecule has 0 spiro atoms. The van der Waals surface area contributed by atoms with Crippen molar-refractivity contribution in [3.63, 3.8) is 0 Å². The first-order valence-corrected chi connectivity index (χ1v) is 9.64. The van der Waals surface area contributed by atoms with Crippen molar-refractivity contribution in [1.82, 2.24) is 0 Å². The first-order chi connectivity index (χ1) is 13.2. The number of benzene rings is 3. The summed E-state index contributed by atoms with van der Waals surface area (Å²) in [4.78, 5) is 0. The van der Waals surface area contributed by atoms with Crippen LogP contribution in [0.4, 0.5) is 5.69 Å². The van der Waals surface area contributed by atoms with Gasteiger partial charge in [0, 0.05) is 16.1 Å². The van der Waals surface area contributed by atoms with E-state index in [1.54, 1.807) is 0 Å². The van der Waals surface area contributed by atoms with Gasteiger partial charge in [-0.15, -0.1) is 0 Å². The summed E-state index contributed by atoms with van der Waals surface area (Å²) in [5.74, 6) is 0. The molecule has 0 heterocycles. The third-order valence-electron chi connectivity index (χ3n) is 4.38. The number of fused-ring (bicyclic) bond motifs is 1. The third-order valence-corrected chi connectivity index (χ3v) is 4.64. The van der Waals surface area contributed by atoms with Crippen LogP contribution in [-0.2, 0) is 11.3 Å². The van der Waals surface area contributed by atoms with Gasteiger partial charge in [0.25, 0.3) is 0 Å². The van der Waals surface area contributed by atoms with Gasteiger partial charge in [-0.05, 0) is 29.1 Å². The van der Waals surface area contributed by atoms with Gasteiger partial charge in [0.15, 0.2) is 0 Å². The molecule has 3 aromatic carbocycles. The lowest BCUT2D eigenvalue weighted by Crippen LogP contribution is -2.87. The Morgan fingerprint density at radius 2 is 1.78 bits per heavy atom. The first-order valence-electron chi connectivity index (χ1n) is 9.26. The Balaban J connectivity index is 1.31. The van der Waals surface area contributed by atoms with Crippen LogP contribution in [-0.4, -0.2) is 37.5 Å². The Kier molecular flexibility index (Phi) is 7.48. The molecule has 4 nitrogen and oxygen atoms in total. The maximum absolute atomic E-state index is 10.0. The highest BCUT2D eigenvalue weighted by Gasteiger charge is 2.07. The molecule has 0 aliphatic rings. The van der Waals surface area contributed by atoms with Gasteiger partial charge >= 0.3 is 0 Å². The zero-order valence-electron chi connectivity index (χ0n) is 15.3. The van der Waals surface area contributed by atoms with Crippen molar-refractivity contribution in [3.05, 3.63) is 77.3 Å². The molecule has 4 N–H and O–H groups in total. The minimum Gasteiger partial charge on any atom is -0.385 e. The number of nitrogens with one attached hydrogen (secondary N) is 1. The molecule has 0 saturated carbocycles. The molecule has 1 atom stereocenters. The van der Waals surface area contributed by atoms with Crippen LogP contribution in [0.2, 0.25) is 5.02 Å². The summed E-state index contributed by atoms with van der Waals surface area (Å²) in [5.41, 5.74) is 2.20. The Morgan fingerprint density at radius 1 is 1.00 bits per heavy atom. The minimum atomic E-state index is -0.477. The van der Waals surface area contributed by atoms with Crippen molar-refractivity contribution in [3.8, 4) is 0 Å². The lowest BCUT2D eigenvalue weighted by atomic mass is 10.1. The van der Waals surface area contributed by atoms with E-state index in [1.165, 1.54) is 10.8 Å². The highest BCUT2D eigenvalue weighted by Crippen LogP contribution is 2.22. The molecule has 27 heavy (non-hydrogen) atoms. The molecule has 0 saturated heterocycles. The van der Waals surface area contributed by atoms with E-state index < -0.39 is 6.10 Å². The van der Waals surface area contributed by atoms with Crippen LogP contribution in [0.5, 0.6) is 0 Å². The van der Waals surface area contributed by atoms with Crippen LogP contribution in [0.3, 0.4) is 0 Å². The average Bonchev–Trinajstić information content (AvgIpc) is 2.69. The predicted octanol–water partition coefficient (Wildman–Crippen LogP) is 3.05. The van der Waals surface area contributed by atoms with Gasteiger partial charge < -0.3 is 20.5 Å². The molecule has 0 amide bonds. The fourth-order valence-corrected chi connectivity index (χ4v) is 3.09. The van der Waals surface area contributed by atoms with E-state index in [2.05, 4.69) is 53.1 Å². The number of halogens is 1.